The molecule has 0 radical (unpaired) electrons. The van der Waals surface area contributed by atoms with Crippen LogP contribution in [0.1, 0.15) is 35.1 Å². The van der Waals surface area contributed by atoms with E-state index in [4.69, 9.17) is 0 Å². The molecular formula is C24H30FN5O2. The SMILES string of the molecule is CCC(=O)N(CCN1CC2CN(C(=O)c3c(C)ncnc3C)CC2C1)c1cccc(F)c1. The minimum atomic E-state index is -0.342. The molecule has 2 atom stereocenters. The zero-order valence-electron chi connectivity index (χ0n) is 18.9. The number of fused-ring (bicyclic) bond motifs is 1. The van der Waals surface area contributed by atoms with Crippen LogP contribution in [0.15, 0.2) is 30.6 Å². The minimum Gasteiger partial charge on any atom is -0.338 e. The highest BCUT2D eigenvalue weighted by molar-refractivity contribution is 5.96. The van der Waals surface area contributed by atoms with Gasteiger partial charge in [0.25, 0.3) is 5.91 Å². The molecule has 2 aliphatic rings. The number of carbonyl (C=O) groups excluding carboxylic acids is 2. The second-order valence-electron chi connectivity index (χ2n) is 8.79. The molecule has 0 aliphatic carbocycles. The van der Waals surface area contributed by atoms with Gasteiger partial charge >= 0.3 is 0 Å². The third kappa shape index (κ3) is 4.50. The summed E-state index contributed by atoms with van der Waals surface area (Å²) in [6.07, 6.45) is 1.87. The van der Waals surface area contributed by atoms with E-state index in [0.29, 0.717) is 36.1 Å². The average Bonchev–Trinajstić information content (AvgIpc) is 3.32. The first-order chi connectivity index (χ1) is 15.4. The average molecular weight is 440 g/mol. The van der Waals surface area contributed by atoms with Crippen molar-refractivity contribution in [3.05, 3.63) is 53.4 Å². The van der Waals surface area contributed by atoms with Crippen LogP contribution in [0.4, 0.5) is 10.1 Å². The first-order valence-corrected chi connectivity index (χ1v) is 11.2. The lowest BCUT2D eigenvalue weighted by Crippen LogP contribution is -2.39. The van der Waals surface area contributed by atoms with Crippen molar-refractivity contribution < 1.29 is 14.0 Å². The molecule has 2 saturated heterocycles. The third-order valence-corrected chi connectivity index (χ3v) is 6.65. The smallest absolute Gasteiger partial charge is 0.257 e. The zero-order valence-corrected chi connectivity index (χ0v) is 18.9. The monoisotopic (exact) mass is 439 g/mol. The van der Waals surface area contributed by atoms with Gasteiger partial charge in [0.1, 0.15) is 12.1 Å². The molecule has 170 valence electrons. The molecule has 1 aromatic heterocycles. The Bertz CT molecular complexity index is 979. The Kier molecular flexibility index (Phi) is 6.50. The van der Waals surface area contributed by atoms with Crippen LogP contribution in [0, 0.1) is 31.5 Å². The summed E-state index contributed by atoms with van der Waals surface area (Å²) in [5.41, 5.74) is 2.66. The summed E-state index contributed by atoms with van der Waals surface area (Å²) in [6.45, 7) is 10.0. The van der Waals surface area contributed by atoms with E-state index in [1.165, 1.54) is 18.5 Å². The predicted octanol–water partition coefficient (Wildman–Crippen LogP) is 2.68. The van der Waals surface area contributed by atoms with Gasteiger partial charge in [-0.05, 0) is 43.9 Å². The molecule has 0 bridgehead atoms. The summed E-state index contributed by atoms with van der Waals surface area (Å²) in [5.74, 6) is 0.517. The van der Waals surface area contributed by atoms with Crippen molar-refractivity contribution in [2.75, 3.05) is 44.2 Å². The lowest BCUT2D eigenvalue weighted by molar-refractivity contribution is -0.118. The molecule has 8 heteroatoms. The summed E-state index contributed by atoms with van der Waals surface area (Å²) in [5, 5.41) is 0. The Morgan fingerprint density at radius 1 is 1.09 bits per heavy atom. The Morgan fingerprint density at radius 2 is 1.75 bits per heavy atom. The van der Waals surface area contributed by atoms with Gasteiger partial charge in [0, 0.05) is 51.4 Å². The van der Waals surface area contributed by atoms with Crippen LogP contribution in [0.3, 0.4) is 0 Å². The summed E-state index contributed by atoms with van der Waals surface area (Å²) in [4.78, 5) is 39.9. The standard InChI is InChI=1S/C24H30FN5O2/c1-4-22(31)30(21-7-5-6-20(25)10-21)9-8-28-11-18-13-29(14-19(18)12-28)24(32)23-16(2)26-15-27-17(23)3/h5-7,10,15,18-19H,4,8-9,11-14H2,1-3H3. The van der Waals surface area contributed by atoms with Gasteiger partial charge in [-0.25, -0.2) is 14.4 Å². The van der Waals surface area contributed by atoms with Crippen molar-refractivity contribution >= 4 is 17.5 Å². The lowest BCUT2D eigenvalue weighted by Gasteiger charge is -2.27. The Hall–Kier alpha value is -2.87. The molecule has 2 aliphatic heterocycles. The quantitative estimate of drug-likeness (QED) is 0.692. The number of hydrogen-bond acceptors (Lipinski definition) is 5. The van der Waals surface area contributed by atoms with Crippen molar-refractivity contribution in [1.29, 1.82) is 0 Å². The first kappa shape index (κ1) is 22.3. The van der Waals surface area contributed by atoms with E-state index in [1.807, 2.05) is 25.7 Å². The molecule has 32 heavy (non-hydrogen) atoms. The van der Waals surface area contributed by atoms with Crippen LogP contribution in [0.2, 0.25) is 0 Å². The Morgan fingerprint density at radius 3 is 2.34 bits per heavy atom. The number of rotatable bonds is 6. The van der Waals surface area contributed by atoms with Gasteiger partial charge in [-0.15, -0.1) is 0 Å². The number of benzene rings is 1. The number of amides is 2. The van der Waals surface area contributed by atoms with Crippen LogP contribution in [-0.2, 0) is 4.79 Å². The Labute approximate surface area is 188 Å². The van der Waals surface area contributed by atoms with Gasteiger partial charge in [-0.1, -0.05) is 13.0 Å². The highest BCUT2D eigenvalue weighted by atomic mass is 19.1. The van der Waals surface area contributed by atoms with Gasteiger partial charge in [0.05, 0.1) is 17.0 Å². The van der Waals surface area contributed by atoms with Gasteiger partial charge in [-0.2, -0.15) is 0 Å². The van der Waals surface area contributed by atoms with Gasteiger partial charge < -0.3 is 14.7 Å². The van der Waals surface area contributed by atoms with Crippen LogP contribution >= 0.6 is 0 Å². The predicted molar refractivity (Wildman–Crippen MR) is 120 cm³/mol. The van der Waals surface area contributed by atoms with Crippen molar-refractivity contribution in [3.8, 4) is 0 Å². The molecule has 2 aromatic rings. The summed E-state index contributed by atoms with van der Waals surface area (Å²) in [6, 6.07) is 6.20. The molecule has 0 spiro atoms. The minimum absolute atomic E-state index is 0.0115. The number of nitrogens with zero attached hydrogens (tertiary/aromatic N) is 5. The number of aryl methyl sites for hydroxylation is 2. The van der Waals surface area contributed by atoms with Gasteiger partial charge in [0.15, 0.2) is 0 Å². The number of likely N-dealkylation sites (tertiary alicyclic amines) is 2. The molecule has 2 amide bonds. The van der Waals surface area contributed by atoms with E-state index in [2.05, 4.69) is 14.9 Å². The van der Waals surface area contributed by atoms with Crippen molar-refractivity contribution in [1.82, 2.24) is 19.8 Å². The number of aromatic nitrogens is 2. The molecule has 0 N–H and O–H groups in total. The number of hydrogen-bond donors (Lipinski definition) is 0. The van der Waals surface area contributed by atoms with Crippen LogP contribution in [0.25, 0.3) is 0 Å². The van der Waals surface area contributed by atoms with E-state index >= 15 is 0 Å². The maximum absolute atomic E-state index is 13.7. The second-order valence-corrected chi connectivity index (χ2v) is 8.79. The van der Waals surface area contributed by atoms with Crippen LogP contribution in [-0.4, -0.2) is 70.9 Å². The van der Waals surface area contributed by atoms with E-state index in [0.717, 1.165) is 44.1 Å². The maximum atomic E-state index is 13.7. The topological polar surface area (TPSA) is 69.6 Å². The summed E-state index contributed by atoms with van der Waals surface area (Å²) in [7, 11) is 0. The van der Waals surface area contributed by atoms with Crippen molar-refractivity contribution in [2.45, 2.75) is 27.2 Å². The van der Waals surface area contributed by atoms with E-state index < -0.39 is 0 Å². The molecule has 2 unspecified atom stereocenters. The molecular weight excluding hydrogens is 409 g/mol. The van der Waals surface area contributed by atoms with Gasteiger partial charge in [-0.3, -0.25) is 9.59 Å². The molecule has 3 heterocycles. The number of anilines is 1. The zero-order chi connectivity index (χ0) is 22.8. The fourth-order valence-electron chi connectivity index (χ4n) is 4.97. The molecule has 7 nitrogen and oxygen atoms in total. The lowest BCUT2D eigenvalue weighted by atomic mass is 10.0. The molecule has 4 rings (SSSR count). The normalized spacial score (nSPS) is 20.4. The molecule has 2 fully saturated rings. The first-order valence-electron chi connectivity index (χ1n) is 11.2. The van der Waals surface area contributed by atoms with Crippen molar-refractivity contribution in [2.24, 2.45) is 11.8 Å². The molecule has 0 saturated carbocycles. The van der Waals surface area contributed by atoms with E-state index in [1.54, 1.807) is 17.0 Å². The fourth-order valence-corrected chi connectivity index (χ4v) is 4.97. The molecule has 1 aromatic carbocycles. The summed E-state index contributed by atoms with van der Waals surface area (Å²) < 4.78 is 13.7. The van der Waals surface area contributed by atoms with E-state index in [9.17, 15) is 14.0 Å². The fraction of sp³-hybridized carbons (Fsp3) is 0.500. The number of carbonyl (C=O) groups is 2. The van der Waals surface area contributed by atoms with Crippen LogP contribution in [0.5, 0.6) is 0 Å². The van der Waals surface area contributed by atoms with Crippen molar-refractivity contribution in [3.63, 3.8) is 0 Å². The highest BCUT2D eigenvalue weighted by Gasteiger charge is 2.42. The highest BCUT2D eigenvalue weighted by Crippen LogP contribution is 2.32. The number of halogens is 1. The largest absolute Gasteiger partial charge is 0.338 e. The second kappa shape index (κ2) is 9.32. The Balaban J connectivity index is 1.35. The third-order valence-electron chi connectivity index (χ3n) is 6.65. The van der Waals surface area contributed by atoms with Gasteiger partial charge in [0.2, 0.25) is 5.91 Å². The maximum Gasteiger partial charge on any atom is 0.257 e. The van der Waals surface area contributed by atoms with E-state index in [-0.39, 0.29) is 17.6 Å². The summed E-state index contributed by atoms with van der Waals surface area (Å²) >= 11 is 0. The van der Waals surface area contributed by atoms with Crippen LogP contribution < -0.4 is 4.90 Å².